The lowest BCUT2D eigenvalue weighted by Crippen LogP contribution is -2.29. The zero-order chi connectivity index (χ0) is 14.7. The summed E-state index contributed by atoms with van der Waals surface area (Å²) in [6, 6.07) is 6.70. The Labute approximate surface area is 135 Å². The number of nitrogens with two attached hydrogens (primary N) is 1. The standard InChI is InChI=1S/C15H22BrN3S/c1-10(2)19-6-5-11(9-19)8-18-12-3-4-13(15(17)20)14(16)7-12/h3-4,7,10-11,18H,5-6,8-9H2,1-2H3,(H2,17,20). The van der Waals surface area contributed by atoms with Gasteiger partial charge in [-0.1, -0.05) is 12.2 Å². The Bertz CT molecular complexity index is 490. The Hall–Kier alpha value is -0.650. The molecule has 1 unspecified atom stereocenters. The zero-order valence-corrected chi connectivity index (χ0v) is 14.4. The van der Waals surface area contributed by atoms with Crippen molar-refractivity contribution in [3.8, 4) is 0 Å². The molecule has 1 atom stereocenters. The lowest BCUT2D eigenvalue weighted by Gasteiger charge is -2.20. The van der Waals surface area contributed by atoms with Crippen LogP contribution >= 0.6 is 28.1 Å². The highest BCUT2D eigenvalue weighted by molar-refractivity contribution is 9.10. The highest BCUT2D eigenvalue weighted by Gasteiger charge is 2.23. The lowest BCUT2D eigenvalue weighted by molar-refractivity contribution is 0.266. The topological polar surface area (TPSA) is 41.3 Å². The minimum atomic E-state index is 0.423. The third-order valence-electron chi connectivity index (χ3n) is 3.88. The molecular formula is C15H22BrN3S. The molecule has 5 heteroatoms. The first-order valence-electron chi connectivity index (χ1n) is 7.04. The van der Waals surface area contributed by atoms with E-state index in [-0.39, 0.29) is 0 Å². The third kappa shape index (κ3) is 3.93. The van der Waals surface area contributed by atoms with Crippen molar-refractivity contribution < 1.29 is 0 Å². The summed E-state index contributed by atoms with van der Waals surface area (Å²) < 4.78 is 0.949. The van der Waals surface area contributed by atoms with E-state index in [4.69, 9.17) is 18.0 Å². The van der Waals surface area contributed by atoms with Gasteiger partial charge in [-0.2, -0.15) is 0 Å². The predicted octanol–water partition coefficient (Wildman–Crippen LogP) is 3.23. The van der Waals surface area contributed by atoms with Gasteiger partial charge in [-0.15, -0.1) is 0 Å². The highest BCUT2D eigenvalue weighted by atomic mass is 79.9. The molecule has 0 bridgehead atoms. The van der Waals surface area contributed by atoms with Gasteiger partial charge < -0.3 is 16.0 Å². The number of anilines is 1. The summed E-state index contributed by atoms with van der Waals surface area (Å²) in [5.74, 6) is 0.728. The largest absolute Gasteiger partial charge is 0.389 e. The number of hydrogen-bond donors (Lipinski definition) is 2. The highest BCUT2D eigenvalue weighted by Crippen LogP contribution is 2.23. The molecule has 1 aromatic rings. The van der Waals surface area contributed by atoms with Gasteiger partial charge in [0.1, 0.15) is 4.99 Å². The maximum absolute atomic E-state index is 5.66. The number of hydrogen-bond acceptors (Lipinski definition) is 3. The van der Waals surface area contributed by atoms with Crippen molar-refractivity contribution in [3.63, 3.8) is 0 Å². The molecule has 1 aliphatic rings. The molecule has 0 spiro atoms. The fourth-order valence-electron chi connectivity index (χ4n) is 2.59. The van der Waals surface area contributed by atoms with E-state index in [1.54, 1.807) is 0 Å². The molecule has 2 rings (SSSR count). The Morgan fingerprint density at radius 2 is 2.30 bits per heavy atom. The minimum absolute atomic E-state index is 0.423. The van der Waals surface area contributed by atoms with Gasteiger partial charge in [0, 0.05) is 34.9 Å². The van der Waals surface area contributed by atoms with E-state index in [0.717, 1.165) is 28.2 Å². The summed E-state index contributed by atoms with van der Waals surface area (Å²) in [4.78, 5) is 2.96. The summed E-state index contributed by atoms with van der Waals surface area (Å²) >= 11 is 8.52. The Morgan fingerprint density at radius 3 is 2.85 bits per heavy atom. The summed E-state index contributed by atoms with van der Waals surface area (Å²) in [5, 5.41) is 3.51. The van der Waals surface area contributed by atoms with Gasteiger partial charge in [0.05, 0.1) is 0 Å². The molecule has 1 aromatic carbocycles. The van der Waals surface area contributed by atoms with Crippen molar-refractivity contribution in [1.82, 2.24) is 4.90 Å². The second kappa shape index (κ2) is 6.87. The molecule has 20 heavy (non-hydrogen) atoms. The maximum atomic E-state index is 5.66. The first-order chi connectivity index (χ1) is 9.47. The fourth-order valence-corrected chi connectivity index (χ4v) is 3.49. The van der Waals surface area contributed by atoms with Crippen LogP contribution in [0.1, 0.15) is 25.8 Å². The summed E-state index contributed by atoms with van der Waals surface area (Å²) in [5.41, 5.74) is 7.65. The molecular weight excluding hydrogens is 334 g/mol. The molecule has 1 saturated heterocycles. The number of nitrogens with zero attached hydrogens (tertiary/aromatic N) is 1. The number of thiocarbonyl (C=S) groups is 1. The van der Waals surface area contributed by atoms with Crippen LogP contribution in [-0.2, 0) is 0 Å². The van der Waals surface area contributed by atoms with Crippen LogP contribution in [0, 0.1) is 5.92 Å². The fraction of sp³-hybridized carbons (Fsp3) is 0.533. The van der Waals surface area contributed by atoms with Gasteiger partial charge in [-0.3, -0.25) is 0 Å². The van der Waals surface area contributed by atoms with Crippen molar-refractivity contribution in [2.75, 3.05) is 25.0 Å². The number of likely N-dealkylation sites (tertiary alicyclic amines) is 1. The van der Waals surface area contributed by atoms with Crippen molar-refractivity contribution in [2.24, 2.45) is 11.7 Å². The van der Waals surface area contributed by atoms with E-state index < -0.39 is 0 Å². The van der Waals surface area contributed by atoms with E-state index in [9.17, 15) is 0 Å². The second-order valence-electron chi connectivity index (χ2n) is 5.68. The first kappa shape index (κ1) is 15.7. The first-order valence-corrected chi connectivity index (χ1v) is 8.24. The number of nitrogens with one attached hydrogen (secondary N) is 1. The number of halogens is 1. The zero-order valence-electron chi connectivity index (χ0n) is 12.0. The molecule has 3 N–H and O–H groups in total. The Kier molecular flexibility index (Phi) is 5.41. The average molecular weight is 356 g/mol. The smallest absolute Gasteiger partial charge is 0.105 e. The van der Waals surface area contributed by atoms with E-state index >= 15 is 0 Å². The van der Waals surface area contributed by atoms with Crippen LogP contribution in [-0.4, -0.2) is 35.6 Å². The summed E-state index contributed by atoms with van der Waals surface area (Å²) in [6.45, 7) is 7.95. The van der Waals surface area contributed by atoms with Crippen LogP contribution in [0.15, 0.2) is 22.7 Å². The lowest BCUT2D eigenvalue weighted by atomic mass is 10.1. The van der Waals surface area contributed by atoms with Crippen LogP contribution in [0.2, 0.25) is 0 Å². The average Bonchev–Trinajstić information content (AvgIpc) is 2.85. The van der Waals surface area contributed by atoms with Crippen molar-refractivity contribution in [1.29, 1.82) is 0 Å². The summed E-state index contributed by atoms with van der Waals surface area (Å²) in [7, 11) is 0. The molecule has 110 valence electrons. The molecule has 0 aromatic heterocycles. The van der Waals surface area contributed by atoms with Gasteiger partial charge >= 0.3 is 0 Å². The van der Waals surface area contributed by atoms with Crippen LogP contribution in [0.5, 0.6) is 0 Å². The number of benzene rings is 1. The molecule has 0 aliphatic carbocycles. The molecule has 0 amide bonds. The van der Waals surface area contributed by atoms with Gasteiger partial charge in [0.15, 0.2) is 0 Å². The van der Waals surface area contributed by atoms with Gasteiger partial charge in [0.25, 0.3) is 0 Å². The normalized spacial score (nSPS) is 19.5. The van der Waals surface area contributed by atoms with Crippen LogP contribution < -0.4 is 11.1 Å². The monoisotopic (exact) mass is 355 g/mol. The van der Waals surface area contributed by atoms with E-state index in [2.05, 4.69) is 40.0 Å². The molecule has 1 heterocycles. The quantitative estimate of drug-likeness (QED) is 0.795. The van der Waals surface area contributed by atoms with Crippen molar-refractivity contribution in [2.45, 2.75) is 26.3 Å². The van der Waals surface area contributed by atoms with Crippen LogP contribution in [0.3, 0.4) is 0 Å². The van der Waals surface area contributed by atoms with Crippen molar-refractivity contribution >= 4 is 38.8 Å². The molecule has 3 nitrogen and oxygen atoms in total. The van der Waals surface area contributed by atoms with Gasteiger partial charge in [-0.25, -0.2) is 0 Å². The molecule has 1 fully saturated rings. The molecule has 0 saturated carbocycles. The Morgan fingerprint density at radius 1 is 1.55 bits per heavy atom. The predicted molar refractivity (Wildman–Crippen MR) is 93.3 cm³/mol. The van der Waals surface area contributed by atoms with Gasteiger partial charge in [0.2, 0.25) is 0 Å². The van der Waals surface area contributed by atoms with Crippen LogP contribution in [0.4, 0.5) is 5.69 Å². The third-order valence-corrected chi connectivity index (χ3v) is 4.75. The Balaban J connectivity index is 1.89. The van der Waals surface area contributed by atoms with Crippen LogP contribution in [0.25, 0.3) is 0 Å². The van der Waals surface area contributed by atoms with E-state index in [1.165, 1.54) is 19.5 Å². The molecule has 1 aliphatic heterocycles. The maximum Gasteiger partial charge on any atom is 0.105 e. The summed E-state index contributed by atoms with van der Waals surface area (Å²) in [6.07, 6.45) is 1.28. The van der Waals surface area contributed by atoms with Crippen molar-refractivity contribution in [3.05, 3.63) is 28.2 Å². The van der Waals surface area contributed by atoms with Gasteiger partial charge in [-0.05, 0) is 66.9 Å². The second-order valence-corrected chi connectivity index (χ2v) is 6.98. The molecule has 0 radical (unpaired) electrons. The minimum Gasteiger partial charge on any atom is -0.389 e. The van der Waals surface area contributed by atoms with E-state index in [0.29, 0.717) is 11.0 Å². The SMILES string of the molecule is CC(C)N1CCC(CNc2ccc(C(N)=S)c(Br)c2)C1. The number of rotatable bonds is 5. The van der Waals surface area contributed by atoms with E-state index in [1.807, 2.05) is 18.2 Å².